The number of aromatic nitrogens is 3. The van der Waals surface area contributed by atoms with E-state index >= 15 is 0 Å². The minimum Gasteiger partial charge on any atom is -0.374 e. The summed E-state index contributed by atoms with van der Waals surface area (Å²) >= 11 is 2.59. The Balaban J connectivity index is 1.96. The predicted octanol–water partition coefficient (Wildman–Crippen LogP) is 1.94. The Kier molecular flexibility index (Phi) is 4.33. The van der Waals surface area contributed by atoms with Crippen LogP contribution < -0.4 is 11.1 Å². The molecule has 0 bridgehead atoms. The van der Waals surface area contributed by atoms with Gasteiger partial charge in [0.25, 0.3) is 0 Å². The molecule has 0 saturated carbocycles. The minimum absolute atomic E-state index is 0.128. The van der Waals surface area contributed by atoms with Crippen LogP contribution in [0.5, 0.6) is 0 Å². The van der Waals surface area contributed by atoms with Gasteiger partial charge in [-0.05, 0) is 31.5 Å². The number of carbonyl (C=O) groups excluding carboxylic acids is 1. The lowest BCUT2D eigenvalue weighted by Gasteiger charge is -2.09. The van der Waals surface area contributed by atoms with Gasteiger partial charge in [0.1, 0.15) is 5.82 Å². The fraction of sp³-hybridized carbons (Fsp3) is 0.273. The third-order valence-corrected chi connectivity index (χ3v) is 4.17. The second-order valence-corrected chi connectivity index (χ2v) is 6.47. The van der Waals surface area contributed by atoms with Gasteiger partial charge in [-0.3, -0.25) is 4.79 Å². The standard InChI is InChI=1S/C11H13N5OS2/c1-6-3-4-13-8(5-6)14-9(17)7(2)18-11-16-15-10(12)19-11/h3-5,7H,1-2H3,(H2,12,15)(H,13,14,17). The largest absolute Gasteiger partial charge is 0.374 e. The van der Waals surface area contributed by atoms with Gasteiger partial charge in [0.05, 0.1) is 5.25 Å². The number of nitrogens with two attached hydrogens (primary N) is 1. The lowest BCUT2D eigenvalue weighted by atomic mass is 10.3. The van der Waals surface area contributed by atoms with Crippen LogP contribution in [-0.2, 0) is 4.79 Å². The molecule has 0 aliphatic carbocycles. The molecule has 0 aliphatic heterocycles. The highest BCUT2D eigenvalue weighted by Crippen LogP contribution is 2.27. The molecule has 100 valence electrons. The zero-order valence-corrected chi connectivity index (χ0v) is 12.1. The zero-order chi connectivity index (χ0) is 13.8. The molecule has 0 radical (unpaired) electrons. The van der Waals surface area contributed by atoms with Crippen LogP contribution in [0.25, 0.3) is 0 Å². The Morgan fingerprint density at radius 1 is 1.53 bits per heavy atom. The number of thioether (sulfide) groups is 1. The average Bonchev–Trinajstić information content (AvgIpc) is 2.74. The first kappa shape index (κ1) is 13.8. The van der Waals surface area contributed by atoms with E-state index in [2.05, 4.69) is 20.5 Å². The highest BCUT2D eigenvalue weighted by molar-refractivity contribution is 8.02. The first-order chi connectivity index (χ1) is 9.04. The number of amides is 1. The maximum Gasteiger partial charge on any atom is 0.238 e. The van der Waals surface area contributed by atoms with Gasteiger partial charge in [0.2, 0.25) is 11.0 Å². The summed E-state index contributed by atoms with van der Waals surface area (Å²) in [6, 6.07) is 3.69. The summed E-state index contributed by atoms with van der Waals surface area (Å²) in [5, 5.41) is 10.4. The maximum absolute atomic E-state index is 12.0. The molecule has 0 aromatic carbocycles. The summed E-state index contributed by atoms with van der Waals surface area (Å²) in [6.45, 7) is 3.74. The zero-order valence-electron chi connectivity index (χ0n) is 10.5. The lowest BCUT2D eigenvalue weighted by Crippen LogP contribution is -2.22. The quantitative estimate of drug-likeness (QED) is 0.837. The molecular formula is C11H13N5OS2. The van der Waals surface area contributed by atoms with E-state index in [9.17, 15) is 4.79 Å². The smallest absolute Gasteiger partial charge is 0.238 e. The van der Waals surface area contributed by atoms with Crippen LogP contribution in [-0.4, -0.2) is 26.3 Å². The van der Waals surface area contributed by atoms with Gasteiger partial charge < -0.3 is 11.1 Å². The van der Waals surface area contributed by atoms with Crippen molar-refractivity contribution in [2.45, 2.75) is 23.4 Å². The summed E-state index contributed by atoms with van der Waals surface area (Å²) in [5.74, 6) is 0.422. The van der Waals surface area contributed by atoms with Crippen LogP contribution in [0.1, 0.15) is 12.5 Å². The molecule has 2 aromatic heterocycles. The van der Waals surface area contributed by atoms with E-state index in [-0.39, 0.29) is 11.2 Å². The highest BCUT2D eigenvalue weighted by Gasteiger charge is 2.17. The number of nitrogen functional groups attached to an aromatic ring is 1. The number of hydrogen-bond acceptors (Lipinski definition) is 7. The number of aryl methyl sites for hydroxylation is 1. The third kappa shape index (κ3) is 3.90. The van der Waals surface area contributed by atoms with E-state index in [1.165, 1.54) is 23.1 Å². The summed E-state index contributed by atoms with van der Waals surface area (Å²) < 4.78 is 0.678. The predicted molar refractivity (Wildman–Crippen MR) is 77.2 cm³/mol. The molecular weight excluding hydrogens is 282 g/mol. The number of nitrogens with zero attached hydrogens (tertiary/aromatic N) is 3. The first-order valence-corrected chi connectivity index (χ1v) is 7.23. The second kappa shape index (κ2) is 5.98. The van der Waals surface area contributed by atoms with E-state index in [1.54, 1.807) is 13.1 Å². The van der Waals surface area contributed by atoms with E-state index in [0.29, 0.717) is 15.3 Å². The topological polar surface area (TPSA) is 93.8 Å². The Morgan fingerprint density at radius 3 is 2.95 bits per heavy atom. The summed E-state index contributed by atoms with van der Waals surface area (Å²) in [6.07, 6.45) is 1.66. The van der Waals surface area contributed by atoms with Gasteiger partial charge in [-0.25, -0.2) is 4.98 Å². The highest BCUT2D eigenvalue weighted by atomic mass is 32.2. The number of rotatable bonds is 4. The van der Waals surface area contributed by atoms with Crippen molar-refractivity contribution in [1.82, 2.24) is 15.2 Å². The van der Waals surface area contributed by atoms with Gasteiger partial charge in [-0.2, -0.15) is 0 Å². The van der Waals surface area contributed by atoms with Crippen molar-refractivity contribution in [3.8, 4) is 0 Å². The van der Waals surface area contributed by atoms with Crippen molar-refractivity contribution in [2.75, 3.05) is 11.1 Å². The van der Waals surface area contributed by atoms with E-state index < -0.39 is 0 Å². The molecule has 0 aliphatic rings. The molecule has 1 atom stereocenters. The number of anilines is 2. The molecule has 1 amide bonds. The Bertz CT molecular complexity index is 586. The van der Waals surface area contributed by atoms with Gasteiger partial charge in [0, 0.05) is 6.20 Å². The minimum atomic E-state index is -0.297. The third-order valence-electron chi connectivity index (χ3n) is 2.24. The van der Waals surface area contributed by atoms with Crippen LogP contribution in [0.15, 0.2) is 22.7 Å². The lowest BCUT2D eigenvalue weighted by molar-refractivity contribution is -0.115. The molecule has 2 aromatic rings. The number of hydrogen-bond donors (Lipinski definition) is 2. The van der Waals surface area contributed by atoms with Gasteiger partial charge in [-0.15, -0.1) is 10.2 Å². The maximum atomic E-state index is 12.0. The molecule has 2 rings (SSSR count). The monoisotopic (exact) mass is 295 g/mol. The van der Waals surface area contributed by atoms with E-state index in [0.717, 1.165) is 5.56 Å². The van der Waals surface area contributed by atoms with Crippen molar-refractivity contribution in [2.24, 2.45) is 0 Å². The van der Waals surface area contributed by atoms with Crippen molar-refractivity contribution in [3.63, 3.8) is 0 Å². The van der Waals surface area contributed by atoms with Crippen LogP contribution in [0.4, 0.5) is 10.9 Å². The number of carbonyl (C=O) groups is 1. The average molecular weight is 295 g/mol. The summed E-state index contributed by atoms with van der Waals surface area (Å²) in [4.78, 5) is 16.1. The Morgan fingerprint density at radius 2 is 2.32 bits per heavy atom. The van der Waals surface area contributed by atoms with E-state index in [1.807, 2.05) is 19.1 Å². The summed E-state index contributed by atoms with van der Waals surface area (Å²) in [7, 11) is 0. The van der Waals surface area contributed by atoms with Crippen LogP contribution in [0.2, 0.25) is 0 Å². The van der Waals surface area contributed by atoms with Gasteiger partial charge in [0.15, 0.2) is 4.34 Å². The van der Waals surface area contributed by atoms with Crippen LogP contribution in [0, 0.1) is 6.92 Å². The Hall–Kier alpha value is -1.67. The van der Waals surface area contributed by atoms with Crippen LogP contribution >= 0.6 is 23.1 Å². The molecule has 0 fully saturated rings. The van der Waals surface area contributed by atoms with Crippen LogP contribution in [0.3, 0.4) is 0 Å². The molecule has 2 heterocycles. The number of pyridine rings is 1. The molecule has 3 N–H and O–H groups in total. The van der Waals surface area contributed by atoms with Crippen molar-refractivity contribution in [1.29, 1.82) is 0 Å². The van der Waals surface area contributed by atoms with Gasteiger partial charge >= 0.3 is 0 Å². The fourth-order valence-corrected chi connectivity index (χ4v) is 3.09. The molecule has 0 spiro atoms. The normalized spacial score (nSPS) is 12.1. The van der Waals surface area contributed by atoms with Crippen molar-refractivity contribution >= 4 is 40.0 Å². The van der Waals surface area contributed by atoms with E-state index in [4.69, 9.17) is 5.73 Å². The van der Waals surface area contributed by atoms with Gasteiger partial charge in [-0.1, -0.05) is 23.1 Å². The molecule has 0 saturated heterocycles. The SMILES string of the molecule is Cc1ccnc(NC(=O)C(C)Sc2nnc(N)s2)c1. The molecule has 19 heavy (non-hydrogen) atoms. The Labute approximate surface area is 118 Å². The van der Waals surface area contributed by atoms with Crippen molar-refractivity contribution in [3.05, 3.63) is 23.9 Å². The fourth-order valence-electron chi connectivity index (χ4n) is 1.31. The van der Waals surface area contributed by atoms with Crippen molar-refractivity contribution < 1.29 is 4.79 Å². The first-order valence-electron chi connectivity index (χ1n) is 5.54. The second-order valence-electron chi connectivity index (χ2n) is 3.87. The molecule has 1 unspecified atom stereocenters. The molecule has 6 nitrogen and oxygen atoms in total. The number of nitrogens with one attached hydrogen (secondary N) is 1. The summed E-state index contributed by atoms with van der Waals surface area (Å²) in [5.41, 5.74) is 6.54. The molecule has 8 heteroatoms.